The number of rotatable bonds is 7. The van der Waals surface area contributed by atoms with Crippen molar-refractivity contribution in [3.05, 3.63) is 89.2 Å². The predicted octanol–water partition coefficient (Wildman–Crippen LogP) is 5.06. The van der Waals surface area contributed by atoms with Crippen molar-refractivity contribution >= 4 is 17.5 Å². The third-order valence-corrected chi connectivity index (χ3v) is 4.79. The molecule has 0 atom stereocenters. The molecule has 8 nitrogen and oxygen atoms in total. The van der Waals surface area contributed by atoms with Gasteiger partial charge in [-0.1, -0.05) is 0 Å². The average Bonchev–Trinajstić information content (AvgIpc) is 2.82. The maximum atomic E-state index is 8.92. The van der Waals surface area contributed by atoms with Gasteiger partial charge >= 0.3 is 0 Å². The number of nitrogens with one attached hydrogen (secondary N) is 1. The highest BCUT2D eigenvalue weighted by Gasteiger charge is 2.10. The number of nitrogen functional groups attached to an aromatic ring is 1. The van der Waals surface area contributed by atoms with E-state index in [1.165, 1.54) is 0 Å². The lowest BCUT2D eigenvalue weighted by atomic mass is 10.1. The second-order valence-corrected chi connectivity index (χ2v) is 7.40. The van der Waals surface area contributed by atoms with E-state index in [0.717, 1.165) is 28.1 Å². The van der Waals surface area contributed by atoms with Crippen molar-refractivity contribution in [3.8, 4) is 23.4 Å². The average molecular weight is 438 g/mol. The van der Waals surface area contributed by atoms with Crippen LogP contribution >= 0.6 is 0 Å². The maximum absolute atomic E-state index is 8.92. The second-order valence-electron chi connectivity index (χ2n) is 7.40. The van der Waals surface area contributed by atoms with Crippen LogP contribution in [0.5, 0.6) is 17.4 Å². The lowest BCUT2D eigenvalue weighted by Gasteiger charge is -2.14. The van der Waals surface area contributed by atoms with E-state index < -0.39 is 0 Å². The molecule has 4 rings (SSSR count). The van der Waals surface area contributed by atoms with Crippen molar-refractivity contribution in [2.24, 2.45) is 0 Å². The highest BCUT2D eigenvalue weighted by molar-refractivity contribution is 5.55. The Kier molecular flexibility index (Phi) is 6.32. The Hall–Kier alpha value is -4.64. The van der Waals surface area contributed by atoms with Crippen LogP contribution in [0.2, 0.25) is 0 Å². The largest absolute Gasteiger partial charge is 0.487 e. The molecule has 0 unspecified atom stereocenters. The Bertz CT molecular complexity index is 1280. The number of hydrogen-bond acceptors (Lipinski definition) is 8. The van der Waals surface area contributed by atoms with Crippen LogP contribution in [0.1, 0.15) is 22.3 Å². The Morgan fingerprint density at radius 1 is 1.00 bits per heavy atom. The van der Waals surface area contributed by atoms with Crippen molar-refractivity contribution in [2.45, 2.75) is 20.5 Å². The molecular formula is C25H22N6O2. The molecule has 0 saturated carbocycles. The Morgan fingerprint density at radius 3 is 2.42 bits per heavy atom. The van der Waals surface area contributed by atoms with Gasteiger partial charge in [0.05, 0.1) is 17.8 Å². The number of nitriles is 1. The van der Waals surface area contributed by atoms with Gasteiger partial charge in [-0.2, -0.15) is 10.2 Å². The van der Waals surface area contributed by atoms with Crippen molar-refractivity contribution in [1.29, 1.82) is 5.26 Å². The molecule has 2 heterocycles. The highest BCUT2D eigenvalue weighted by Crippen LogP contribution is 2.30. The van der Waals surface area contributed by atoms with Crippen LogP contribution in [0, 0.1) is 25.2 Å². The third-order valence-electron chi connectivity index (χ3n) is 4.79. The summed E-state index contributed by atoms with van der Waals surface area (Å²) in [6.45, 7) is 4.36. The van der Waals surface area contributed by atoms with Crippen LogP contribution in [0.3, 0.4) is 0 Å². The van der Waals surface area contributed by atoms with Gasteiger partial charge in [-0.05, 0) is 79.1 Å². The summed E-state index contributed by atoms with van der Waals surface area (Å²) in [5, 5.41) is 12.0. The second kappa shape index (κ2) is 9.66. The topological polar surface area (TPSA) is 119 Å². The van der Waals surface area contributed by atoms with Crippen molar-refractivity contribution in [3.63, 3.8) is 0 Å². The number of aromatic nitrogens is 3. The summed E-state index contributed by atoms with van der Waals surface area (Å²) in [7, 11) is 0. The Labute approximate surface area is 191 Å². The van der Waals surface area contributed by atoms with Gasteiger partial charge in [0.25, 0.3) is 0 Å². The van der Waals surface area contributed by atoms with Crippen LogP contribution in [0.25, 0.3) is 0 Å². The van der Waals surface area contributed by atoms with Gasteiger partial charge in [0.1, 0.15) is 23.9 Å². The molecule has 0 spiro atoms. The zero-order chi connectivity index (χ0) is 23.2. The maximum Gasteiger partial charge on any atom is 0.230 e. The summed E-state index contributed by atoms with van der Waals surface area (Å²) in [5.74, 6) is 2.66. The van der Waals surface area contributed by atoms with E-state index in [2.05, 4.69) is 26.3 Å². The SMILES string of the molecule is Cc1cc(COc2ccc(N)nc2)cc(C)c1Oc1ccnc(Nc2ccc(C#N)cc2)n1. The monoisotopic (exact) mass is 438 g/mol. The fourth-order valence-corrected chi connectivity index (χ4v) is 3.25. The molecule has 164 valence electrons. The zero-order valence-corrected chi connectivity index (χ0v) is 18.2. The molecule has 2 aromatic carbocycles. The van der Waals surface area contributed by atoms with Gasteiger partial charge in [-0.3, -0.25) is 0 Å². The minimum Gasteiger partial charge on any atom is -0.487 e. The van der Waals surface area contributed by atoms with E-state index >= 15 is 0 Å². The molecule has 3 N–H and O–H groups in total. The summed E-state index contributed by atoms with van der Waals surface area (Å²) in [5.41, 5.74) is 9.91. The fourth-order valence-electron chi connectivity index (χ4n) is 3.25. The summed E-state index contributed by atoms with van der Waals surface area (Å²) >= 11 is 0. The summed E-state index contributed by atoms with van der Waals surface area (Å²) in [6, 6.07) is 18.4. The first kappa shape index (κ1) is 21.6. The normalized spacial score (nSPS) is 10.3. The van der Waals surface area contributed by atoms with Gasteiger partial charge in [0.15, 0.2) is 0 Å². The van der Waals surface area contributed by atoms with E-state index in [0.29, 0.717) is 35.6 Å². The van der Waals surface area contributed by atoms with Gasteiger partial charge in [-0.15, -0.1) is 0 Å². The van der Waals surface area contributed by atoms with Crippen LogP contribution in [-0.4, -0.2) is 15.0 Å². The minimum absolute atomic E-state index is 0.398. The lowest BCUT2D eigenvalue weighted by Crippen LogP contribution is -2.01. The van der Waals surface area contributed by atoms with Crippen LogP contribution in [0.4, 0.5) is 17.5 Å². The van der Waals surface area contributed by atoms with Crippen LogP contribution in [-0.2, 0) is 6.61 Å². The first-order valence-corrected chi connectivity index (χ1v) is 10.2. The molecule has 0 radical (unpaired) electrons. The van der Waals surface area contributed by atoms with Crippen LogP contribution < -0.4 is 20.5 Å². The molecule has 0 aliphatic heterocycles. The van der Waals surface area contributed by atoms with Crippen molar-refractivity contribution in [1.82, 2.24) is 15.0 Å². The molecule has 0 amide bonds. The molecule has 33 heavy (non-hydrogen) atoms. The standard InChI is InChI=1S/C25H22N6O2/c1-16-11-19(15-32-21-7-8-22(27)29-14-21)12-17(2)24(16)33-23-9-10-28-25(31-23)30-20-5-3-18(13-26)4-6-20/h3-12,14H,15H2,1-2H3,(H2,27,29)(H,28,30,31). The van der Waals surface area contributed by atoms with Gasteiger partial charge < -0.3 is 20.5 Å². The number of nitrogens with zero attached hydrogens (tertiary/aromatic N) is 4. The Balaban J connectivity index is 1.45. The summed E-state index contributed by atoms with van der Waals surface area (Å²) in [4.78, 5) is 12.7. The zero-order valence-electron chi connectivity index (χ0n) is 18.2. The van der Waals surface area contributed by atoms with E-state index in [1.54, 1.807) is 54.9 Å². The number of anilines is 3. The van der Waals surface area contributed by atoms with Gasteiger partial charge in [0.2, 0.25) is 11.8 Å². The summed E-state index contributed by atoms with van der Waals surface area (Å²) in [6.07, 6.45) is 3.23. The molecule has 2 aromatic heterocycles. The first-order valence-electron chi connectivity index (χ1n) is 10.2. The quantitative estimate of drug-likeness (QED) is 0.411. The van der Waals surface area contributed by atoms with Crippen molar-refractivity contribution in [2.75, 3.05) is 11.1 Å². The number of benzene rings is 2. The van der Waals surface area contributed by atoms with Crippen molar-refractivity contribution < 1.29 is 9.47 Å². The lowest BCUT2D eigenvalue weighted by molar-refractivity contribution is 0.304. The van der Waals surface area contributed by atoms with Gasteiger partial charge in [0, 0.05) is 18.0 Å². The molecule has 0 aliphatic carbocycles. The molecular weight excluding hydrogens is 416 g/mol. The van der Waals surface area contributed by atoms with E-state index in [9.17, 15) is 0 Å². The fraction of sp³-hybridized carbons (Fsp3) is 0.120. The number of aryl methyl sites for hydroxylation is 2. The smallest absolute Gasteiger partial charge is 0.230 e. The number of hydrogen-bond donors (Lipinski definition) is 2. The third kappa shape index (κ3) is 5.54. The van der Waals surface area contributed by atoms with E-state index in [4.69, 9.17) is 20.5 Å². The highest BCUT2D eigenvalue weighted by atomic mass is 16.5. The molecule has 0 aliphatic rings. The minimum atomic E-state index is 0.398. The number of pyridine rings is 1. The van der Waals surface area contributed by atoms with E-state index in [1.807, 2.05) is 26.0 Å². The molecule has 8 heteroatoms. The molecule has 0 saturated heterocycles. The predicted molar refractivity (Wildman–Crippen MR) is 125 cm³/mol. The molecule has 4 aromatic rings. The van der Waals surface area contributed by atoms with E-state index in [-0.39, 0.29) is 0 Å². The number of nitrogens with two attached hydrogens (primary N) is 1. The first-order chi connectivity index (χ1) is 16.0. The molecule has 0 fully saturated rings. The molecule has 0 bridgehead atoms. The van der Waals surface area contributed by atoms with Crippen LogP contribution in [0.15, 0.2) is 67.0 Å². The van der Waals surface area contributed by atoms with Gasteiger partial charge in [-0.25, -0.2) is 9.97 Å². The Morgan fingerprint density at radius 2 is 1.76 bits per heavy atom. The summed E-state index contributed by atoms with van der Waals surface area (Å²) < 4.78 is 11.9. The number of ether oxygens (including phenoxy) is 2.